The van der Waals surface area contributed by atoms with Crippen molar-refractivity contribution in [2.45, 2.75) is 38.4 Å². The first-order chi connectivity index (χ1) is 15.1. The predicted octanol–water partition coefficient (Wildman–Crippen LogP) is 3.55. The summed E-state index contributed by atoms with van der Waals surface area (Å²) in [5.74, 6) is -0.613. The quantitative estimate of drug-likeness (QED) is 0.508. The van der Waals surface area contributed by atoms with Crippen molar-refractivity contribution in [1.82, 2.24) is 14.8 Å². The predicted molar refractivity (Wildman–Crippen MR) is 114 cm³/mol. The molecule has 5 rings (SSSR count). The molecule has 1 N–H and O–H groups in total. The van der Waals surface area contributed by atoms with Crippen LogP contribution in [0.25, 0.3) is 10.9 Å². The number of nitrogens with zero attached hydrogens (tertiary/aromatic N) is 2. The zero-order chi connectivity index (χ0) is 21.5. The molecule has 0 aliphatic carbocycles. The van der Waals surface area contributed by atoms with E-state index in [1.54, 1.807) is 11.8 Å². The number of para-hydroxylation sites is 1. The molecule has 2 atom stereocenters. The van der Waals surface area contributed by atoms with E-state index in [2.05, 4.69) is 4.98 Å². The van der Waals surface area contributed by atoms with Crippen LogP contribution in [0.15, 0.2) is 54.6 Å². The molecule has 7 nitrogen and oxygen atoms in total. The molecule has 1 fully saturated rings. The smallest absolute Gasteiger partial charge is 0.328 e. The van der Waals surface area contributed by atoms with Crippen LogP contribution < -0.4 is 0 Å². The number of fused-ring (bicyclic) bond motifs is 4. The van der Waals surface area contributed by atoms with E-state index in [4.69, 9.17) is 4.74 Å². The highest BCUT2D eigenvalue weighted by Gasteiger charge is 2.52. The average molecular weight is 417 g/mol. The third-order valence-corrected chi connectivity index (χ3v) is 6.10. The summed E-state index contributed by atoms with van der Waals surface area (Å²) in [5, 5.41) is 1.02. The number of urea groups is 1. The number of aromatic nitrogens is 1. The molecule has 1 saturated heterocycles. The number of carbonyl (C=O) groups excluding carboxylic acids is 3. The van der Waals surface area contributed by atoms with Crippen molar-refractivity contribution in [2.75, 3.05) is 6.61 Å². The minimum atomic E-state index is -0.623. The zero-order valence-corrected chi connectivity index (χ0v) is 17.2. The molecule has 2 aliphatic heterocycles. The zero-order valence-electron chi connectivity index (χ0n) is 17.2. The number of H-pyrrole nitrogens is 1. The topological polar surface area (TPSA) is 82.7 Å². The van der Waals surface area contributed by atoms with Gasteiger partial charge in [-0.15, -0.1) is 0 Å². The standard InChI is InChI=1S/C24H23N3O4/c1-2-31-21(28)13-19-22-17(16-10-6-7-11-18(16)25-22)12-20-23(29)26(24(30)27(19)20)14-15-8-4-3-5-9-15/h3-11,19-20,25H,2,12-14H2,1H3/t19-,20+/m1/s1. The number of amides is 3. The van der Waals surface area contributed by atoms with E-state index in [1.165, 1.54) is 4.90 Å². The van der Waals surface area contributed by atoms with Crippen LogP contribution in [0.2, 0.25) is 0 Å². The maximum atomic E-state index is 13.4. The van der Waals surface area contributed by atoms with Crippen LogP contribution in [-0.4, -0.2) is 45.3 Å². The van der Waals surface area contributed by atoms with Gasteiger partial charge >= 0.3 is 12.0 Å². The van der Waals surface area contributed by atoms with Crippen LogP contribution in [-0.2, 0) is 27.3 Å². The van der Waals surface area contributed by atoms with Crippen molar-refractivity contribution >= 4 is 28.8 Å². The van der Waals surface area contributed by atoms with Gasteiger partial charge in [-0.1, -0.05) is 48.5 Å². The van der Waals surface area contributed by atoms with Gasteiger partial charge < -0.3 is 14.6 Å². The molecule has 0 unspecified atom stereocenters. The van der Waals surface area contributed by atoms with Gasteiger partial charge in [-0.2, -0.15) is 0 Å². The minimum Gasteiger partial charge on any atom is -0.466 e. The second-order valence-electron chi connectivity index (χ2n) is 7.91. The number of hydrogen-bond acceptors (Lipinski definition) is 4. The molecule has 0 radical (unpaired) electrons. The van der Waals surface area contributed by atoms with Crippen molar-refractivity contribution < 1.29 is 19.1 Å². The molecule has 1 aromatic heterocycles. The fraction of sp³-hybridized carbons (Fsp3) is 0.292. The Morgan fingerprint density at radius 3 is 2.61 bits per heavy atom. The second-order valence-corrected chi connectivity index (χ2v) is 7.91. The third-order valence-electron chi connectivity index (χ3n) is 6.10. The van der Waals surface area contributed by atoms with E-state index >= 15 is 0 Å². The lowest BCUT2D eigenvalue weighted by molar-refractivity contribution is -0.145. The van der Waals surface area contributed by atoms with Crippen molar-refractivity contribution in [2.24, 2.45) is 0 Å². The number of rotatable bonds is 5. The first-order valence-electron chi connectivity index (χ1n) is 10.5. The van der Waals surface area contributed by atoms with Gasteiger partial charge in [0.05, 0.1) is 25.6 Å². The fourth-order valence-electron chi connectivity index (χ4n) is 4.75. The molecule has 0 bridgehead atoms. The van der Waals surface area contributed by atoms with Crippen LogP contribution >= 0.6 is 0 Å². The molecule has 2 aromatic carbocycles. The Morgan fingerprint density at radius 2 is 1.84 bits per heavy atom. The number of aromatic amines is 1. The van der Waals surface area contributed by atoms with Crippen LogP contribution in [0.4, 0.5) is 4.79 Å². The number of carbonyl (C=O) groups is 3. The highest BCUT2D eigenvalue weighted by atomic mass is 16.5. The van der Waals surface area contributed by atoms with Gasteiger partial charge in [0.2, 0.25) is 0 Å². The Bertz CT molecular complexity index is 1170. The molecular formula is C24H23N3O4. The molecule has 0 spiro atoms. The number of imide groups is 1. The first kappa shape index (κ1) is 19.4. The fourth-order valence-corrected chi connectivity index (χ4v) is 4.75. The molecular weight excluding hydrogens is 394 g/mol. The van der Waals surface area contributed by atoms with Crippen molar-refractivity contribution in [3.05, 3.63) is 71.4 Å². The van der Waals surface area contributed by atoms with E-state index in [-0.39, 0.29) is 37.5 Å². The summed E-state index contributed by atoms with van der Waals surface area (Å²) in [6.07, 6.45) is 0.427. The van der Waals surface area contributed by atoms with E-state index in [0.717, 1.165) is 27.7 Å². The normalized spacial score (nSPS) is 20.2. The summed E-state index contributed by atoms with van der Waals surface area (Å²) >= 11 is 0. The second kappa shape index (κ2) is 7.58. The SMILES string of the molecule is CCOC(=O)C[C@@H]1c2[nH]c3ccccc3c2C[C@H]2C(=O)N(Cc3ccccc3)C(=O)N12. The Morgan fingerprint density at radius 1 is 1.10 bits per heavy atom. The molecule has 3 amide bonds. The van der Waals surface area contributed by atoms with Gasteiger partial charge in [0.25, 0.3) is 5.91 Å². The summed E-state index contributed by atoms with van der Waals surface area (Å²) < 4.78 is 5.18. The number of ether oxygens (including phenoxy) is 1. The van der Waals surface area contributed by atoms with E-state index in [9.17, 15) is 14.4 Å². The summed E-state index contributed by atoms with van der Waals surface area (Å²) in [5.41, 5.74) is 3.63. The monoisotopic (exact) mass is 417 g/mol. The first-order valence-corrected chi connectivity index (χ1v) is 10.5. The number of nitrogens with one attached hydrogen (secondary N) is 1. The summed E-state index contributed by atoms with van der Waals surface area (Å²) in [4.78, 5) is 45.4. The maximum Gasteiger partial charge on any atom is 0.328 e. The largest absolute Gasteiger partial charge is 0.466 e. The lowest BCUT2D eigenvalue weighted by Crippen LogP contribution is -2.44. The number of esters is 1. The maximum absolute atomic E-state index is 13.4. The highest BCUT2D eigenvalue weighted by molar-refractivity contribution is 6.05. The minimum absolute atomic E-state index is 0.00234. The Labute approximate surface area is 179 Å². The van der Waals surface area contributed by atoms with Crippen molar-refractivity contribution in [3.63, 3.8) is 0 Å². The molecule has 3 aromatic rings. The van der Waals surface area contributed by atoms with E-state index in [0.29, 0.717) is 6.42 Å². The highest BCUT2D eigenvalue weighted by Crippen LogP contribution is 2.42. The van der Waals surface area contributed by atoms with Gasteiger partial charge in [0, 0.05) is 23.0 Å². The third kappa shape index (κ3) is 3.17. The van der Waals surface area contributed by atoms with Crippen LogP contribution in [0.5, 0.6) is 0 Å². The molecule has 3 heterocycles. The lowest BCUT2D eigenvalue weighted by Gasteiger charge is -2.35. The molecule has 0 saturated carbocycles. The Balaban J connectivity index is 1.55. The van der Waals surface area contributed by atoms with Crippen LogP contribution in [0.1, 0.15) is 36.2 Å². The van der Waals surface area contributed by atoms with Gasteiger partial charge in [0.1, 0.15) is 6.04 Å². The Hall–Kier alpha value is -3.61. The van der Waals surface area contributed by atoms with Gasteiger partial charge in [-0.05, 0) is 24.1 Å². The van der Waals surface area contributed by atoms with E-state index < -0.39 is 12.1 Å². The number of hydrogen-bond donors (Lipinski definition) is 1. The summed E-state index contributed by atoms with van der Waals surface area (Å²) in [6.45, 7) is 2.23. The van der Waals surface area contributed by atoms with Gasteiger partial charge in [0.15, 0.2) is 0 Å². The van der Waals surface area contributed by atoms with Crippen LogP contribution in [0.3, 0.4) is 0 Å². The van der Waals surface area contributed by atoms with E-state index in [1.807, 2.05) is 54.6 Å². The lowest BCUT2D eigenvalue weighted by atomic mass is 9.91. The molecule has 2 aliphatic rings. The molecule has 158 valence electrons. The van der Waals surface area contributed by atoms with Crippen molar-refractivity contribution in [3.8, 4) is 0 Å². The number of benzene rings is 2. The Kier molecular flexibility index (Phi) is 4.73. The van der Waals surface area contributed by atoms with Crippen LogP contribution in [0, 0.1) is 0 Å². The molecule has 7 heteroatoms. The van der Waals surface area contributed by atoms with Gasteiger partial charge in [-0.25, -0.2) is 4.79 Å². The summed E-state index contributed by atoms with van der Waals surface area (Å²) in [6, 6.07) is 15.7. The summed E-state index contributed by atoms with van der Waals surface area (Å²) in [7, 11) is 0. The van der Waals surface area contributed by atoms with Crippen molar-refractivity contribution in [1.29, 1.82) is 0 Å². The van der Waals surface area contributed by atoms with Gasteiger partial charge in [-0.3, -0.25) is 14.5 Å². The average Bonchev–Trinajstić information content (AvgIpc) is 3.26. The molecule has 31 heavy (non-hydrogen) atoms.